The molecule has 6 nitrogen and oxygen atoms in total. The van der Waals surface area contributed by atoms with Crippen LogP contribution in [0.4, 0.5) is 0 Å². The van der Waals surface area contributed by atoms with Crippen LogP contribution in [0, 0.1) is 5.41 Å². The summed E-state index contributed by atoms with van der Waals surface area (Å²) in [7, 11) is 0. The maximum atomic E-state index is 12.1. The van der Waals surface area contributed by atoms with Gasteiger partial charge in [0.2, 0.25) is 0 Å². The van der Waals surface area contributed by atoms with Gasteiger partial charge in [-0.1, -0.05) is 40.0 Å². The zero-order valence-corrected chi connectivity index (χ0v) is 18.0. The van der Waals surface area contributed by atoms with Crippen LogP contribution in [0.5, 0.6) is 0 Å². The lowest BCUT2D eigenvalue weighted by molar-refractivity contribution is -0.146. The van der Waals surface area contributed by atoms with Crippen LogP contribution in [0.25, 0.3) is 0 Å². The number of rotatable bonds is 15. The van der Waals surface area contributed by atoms with Crippen molar-refractivity contribution in [1.29, 1.82) is 0 Å². The highest BCUT2D eigenvalue weighted by Crippen LogP contribution is 2.21. The number of esters is 2. The summed E-state index contributed by atoms with van der Waals surface area (Å²) in [4.78, 5) is 23.4. The second-order valence-corrected chi connectivity index (χ2v) is 8.22. The summed E-state index contributed by atoms with van der Waals surface area (Å²) in [6, 6.07) is -0.336. The van der Waals surface area contributed by atoms with Gasteiger partial charge in [-0.25, -0.2) is 0 Å². The Morgan fingerprint density at radius 2 is 1.59 bits per heavy atom. The van der Waals surface area contributed by atoms with Crippen molar-refractivity contribution in [2.75, 3.05) is 19.8 Å². The summed E-state index contributed by atoms with van der Waals surface area (Å²) in [5.74, 6) is -0.369. The lowest BCUT2D eigenvalue weighted by Crippen LogP contribution is -2.39. The SMILES string of the molecule is CCOC(=O)CCCCCCC(NCCC(O)CC(C)(C)C)C(=O)OCC. The minimum absolute atomic E-state index is 0.0868. The van der Waals surface area contributed by atoms with Gasteiger partial charge in [-0.15, -0.1) is 0 Å². The third kappa shape index (κ3) is 15.6. The van der Waals surface area contributed by atoms with Gasteiger partial charge in [0.1, 0.15) is 6.04 Å². The molecule has 0 spiro atoms. The first-order valence-electron chi connectivity index (χ1n) is 10.4. The number of carbonyl (C=O) groups excluding carboxylic acids is 2. The Kier molecular flexibility index (Phi) is 14.2. The van der Waals surface area contributed by atoms with Crippen molar-refractivity contribution in [3.8, 4) is 0 Å². The molecule has 0 radical (unpaired) electrons. The van der Waals surface area contributed by atoms with E-state index in [2.05, 4.69) is 26.1 Å². The molecule has 0 amide bonds. The second kappa shape index (κ2) is 14.9. The molecule has 0 aromatic carbocycles. The minimum Gasteiger partial charge on any atom is -0.466 e. The van der Waals surface area contributed by atoms with Gasteiger partial charge in [-0.2, -0.15) is 0 Å². The molecule has 160 valence electrons. The number of unbranched alkanes of at least 4 members (excludes halogenated alkanes) is 3. The van der Waals surface area contributed by atoms with Crippen molar-refractivity contribution in [3.63, 3.8) is 0 Å². The smallest absolute Gasteiger partial charge is 0.323 e. The van der Waals surface area contributed by atoms with E-state index in [1.165, 1.54) is 0 Å². The highest BCUT2D eigenvalue weighted by Gasteiger charge is 2.20. The summed E-state index contributed by atoms with van der Waals surface area (Å²) in [5.41, 5.74) is 0.0868. The standard InChI is InChI=1S/C21H41NO5/c1-6-26-19(24)13-11-9-8-10-12-18(20(25)27-7-2)22-15-14-17(23)16-21(3,4)5/h17-18,22-23H,6-16H2,1-5H3. The number of carbonyl (C=O) groups is 2. The molecule has 0 heterocycles. The van der Waals surface area contributed by atoms with Crippen molar-refractivity contribution in [3.05, 3.63) is 0 Å². The predicted octanol–water partition coefficient (Wildman–Crippen LogP) is 3.60. The summed E-state index contributed by atoms with van der Waals surface area (Å²) < 4.78 is 10.1. The molecule has 0 fully saturated rings. The summed E-state index contributed by atoms with van der Waals surface area (Å²) >= 11 is 0. The van der Waals surface area contributed by atoms with Crippen LogP contribution in [-0.2, 0) is 19.1 Å². The van der Waals surface area contributed by atoms with Crippen molar-refractivity contribution in [1.82, 2.24) is 5.32 Å². The van der Waals surface area contributed by atoms with Crippen molar-refractivity contribution < 1.29 is 24.2 Å². The molecule has 0 aliphatic carbocycles. The topological polar surface area (TPSA) is 84.9 Å². The highest BCUT2D eigenvalue weighted by atomic mass is 16.5. The van der Waals surface area contributed by atoms with E-state index in [9.17, 15) is 14.7 Å². The first kappa shape index (κ1) is 25.9. The van der Waals surface area contributed by atoms with E-state index in [1.807, 2.05) is 6.92 Å². The number of nitrogens with one attached hydrogen (secondary N) is 1. The van der Waals surface area contributed by atoms with Gasteiger partial charge in [0, 0.05) is 6.42 Å². The first-order valence-corrected chi connectivity index (χ1v) is 10.4. The Balaban J connectivity index is 4.11. The van der Waals surface area contributed by atoms with Crippen molar-refractivity contribution in [2.45, 2.75) is 98.1 Å². The van der Waals surface area contributed by atoms with Gasteiger partial charge in [-0.3, -0.25) is 9.59 Å². The summed E-state index contributed by atoms with van der Waals surface area (Å²) in [6.07, 6.45) is 5.75. The van der Waals surface area contributed by atoms with Gasteiger partial charge in [0.05, 0.1) is 19.3 Å². The molecule has 0 bridgehead atoms. The third-order valence-electron chi connectivity index (χ3n) is 4.22. The zero-order valence-electron chi connectivity index (χ0n) is 18.0. The fraction of sp³-hybridized carbons (Fsp3) is 0.905. The summed E-state index contributed by atoms with van der Waals surface area (Å²) in [6.45, 7) is 11.3. The number of ether oxygens (including phenoxy) is 2. The van der Waals surface area contributed by atoms with Crippen LogP contribution in [0.3, 0.4) is 0 Å². The van der Waals surface area contributed by atoms with E-state index < -0.39 is 0 Å². The number of aliphatic hydroxyl groups excluding tert-OH is 1. The van der Waals surface area contributed by atoms with Gasteiger partial charge in [0.25, 0.3) is 0 Å². The van der Waals surface area contributed by atoms with Crippen LogP contribution >= 0.6 is 0 Å². The van der Waals surface area contributed by atoms with Gasteiger partial charge < -0.3 is 19.9 Å². The van der Waals surface area contributed by atoms with Crippen molar-refractivity contribution >= 4 is 11.9 Å². The van der Waals surface area contributed by atoms with E-state index >= 15 is 0 Å². The Hall–Kier alpha value is -1.14. The van der Waals surface area contributed by atoms with Crippen LogP contribution in [0.1, 0.15) is 86.0 Å². The molecule has 0 aliphatic rings. The molecular weight excluding hydrogens is 346 g/mol. The fourth-order valence-corrected chi connectivity index (χ4v) is 2.98. The van der Waals surface area contributed by atoms with Gasteiger partial charge in [0.15, 0.2) is 0 Å². The van der Waals surface area contributed by atoms with E-state index in [1.54, 1.807) is 6.92 Å². The largest absolute Gasteiger partial charge is 0.466 e. The number of hydrogen-bond acceptors (Lipinski definition) is 6. The fourth-order valence-electron chi connectivity index (χ4n) is 2.98. The minimum atomic E-state index is -0.372. The first-order chi connectivity index (χ1) is 12.7. The molecule has 0 saturated carbocycles. The molecule has 0 aromatic rings. The second-order valence-electron chi connectivity index (χ2n) is 8.22. The van der Waals surface area contributed by atoms with Gasteiger partial charge >= 0.3 is 11.9 Å². The molecule has 2 unspecified atom stereocenters. The molecule has 0 aromatic heterocycles. The van der Waals surface area contributed by atoms with E-state index in [0.29, 0.717) is 39.0 Å². The molecule has 2 N–H and O–H groups in total. The Bertz CT molecular complexity index is 406. The lowest BCUT2D eigenvalue weighted by Gasteiger charge is -2.23. The molecule has 27 heavy (non-hydrogen) atoms. The van der Waals surface area contributed by atoms with Crippen LogP contribution in [0.2, 0.25) is 0 Å². The van der Waals surface area contributed by atoms with Crippen LogP contribution in [0.15, 0.2) is 0 Å². The van der Waals surface area contributed by atoms with E-state index in [4.69, 9.17) is 9.47 Å². The normalized spacial score (nSPS) is 13.9. The maximum Gasteiger partial charge on any atom is 0.323 e. The summed E-state index contributed by atoms with van der Waals surface area (Å²) in [5, 5.41) is 13.3. The lowest BCUT2D eigenvalue weighted by atomic mass is 9.88. The van der Waals surface area contributed by atoms with Crippen LogP contribution in [-0.4, -0.2) is 48.9 Å². The van der Waals surface area contributed by atoms with Crippen LogP contribution < -0.4 is 5.32 Å². The Morgan fingerprint density at radius 1 is 0.963 bits per heavy atom. The monoisotopic (exact) mass is 387 g/mol. The van der Waals surface area contributed by atoms with E-state index in [-0.39, 0.29) is 29.5 Å². The molecule has 0 aliphatic heterocycles. The molecule has 2 atom stereocenters. The van der Waals surface area contributed by atoms with Crippen molar-refractivity contribution in [2.24, 2.45) is 5.41 Å². The average Bonchev–Trinajstić information content (AvgIpc) is 2.55. The predicted molar refractivity (Wildman–Crippen MR) is 107 cm³/mol. The zero-order chi connectivity index (χ0) is 20.7. The average molecular weight is 388 g/mol. The third-order valence-corrected chi connectivity index (χ3v) is 4.22. The highest BCUT2D eigenvalue weighted by molar-refractivity contribution is 5.75. The van der Waals surface area contributed by atoms with E-state index in [0.717, 1.165) is 32.1 Å². The molecule has 6 heteroatoms. The molecule has 0 rings (SSSR count). The molecular formula is C21H41NO5. The van der Waals surface area contributed by atoms with Gasteiger partial charge in [-0.05, 0) is 51.5 Å². The maximum absolute atomic E-state index is 12.1. The number of hydrogen-bond donors (Lipinski definition) is 2. The molecule has 0 saturated heterocycles. The Labute approximate surface area is 165 Å². The number of aliphatic hydroxyl groups is 1. The Morgan fingerprint density at radius 3 is 2.19 bits per heavy atom. The quantitative estimate of drug-likeness (QED) is 0.330.